The van der Waals surface area contributed by atoms with Gasteiger partial charge < -0.3 is 9.47 Å². The van der Waals surface area contributed by atoms with E-state index in [0.29, 0.717) is 28.5 Å². The highest BCUT2D eigenvalue weighted by Crippen LogP contribution is 2.40. The maximum absolute atomic E-state index is 12.8. The third-order valence-electron chi connectivity index (χ3n) is 5.08. The summed E-state index contributed by atoms with van der Waals surface area (Å²) in [4.78, 5) is 18.1. The van der Waals surface area contributed by atoms with Crippen molar-refractivity contribution in [3.8, 4) is 27.8 Å². The van der Waals surface area contributed by atoms with Gasteiger partial charge in [-0.3, -0.25) is 4.79 Å². The number of methoxy groups -OCH3 is 1. The smallest absolute Gasteiger partial charge is 0.238 e. The minimum Gasteiger partial charge on any atom is -0.496 e. The molecular weight excluding hydrogens is 484 g/mol. The molecule has 4 aromatic rings. The summed E-state index contributed by atoms with van der Waals surface area (Å²) >= 11 is 1.57. The van der Waals surface area contributed by atoms with Crippen LogP contribution in [-0.2, 0) is 10.0 Å². The lowest BCUT2D eigenvalue weighted by Crippen LogP contribution is -2.12. The molecule has 7 nitrogen and oxygen atoms in total. The van der Waals surface area contributed by atoms with Crippen LogP contribution in [0.4, 0.5) is 0 Å². The van der Waals surface area contributed by atoms with Gasteiger partial charge in [-0.1, -0.05) is 12.1 Å². The maximum atomic E-state index is 12.8. The Labute approximate surface area is 207 Å². The highest BCUT2D eigenvalue weighted by molar-refractivity contribution is 7.89. The van der Waals surface area contributed by atoms with Gasteiger partial charge in [0.15, 0.2) is 5.78 Å². The standard InChI is InChI=1S/C26H22N2O5S2/c1-17-5-3-7-26(28-17)33-23-16-24(32-2)21(25-6-4-14-34-25)15-19(23)10-13-22(29)18-8-11-20(12-9-18)35(27,30)31/h3-16H,1-2H3,(H2,27,30,31)/b13-10+. The number of hydrogen-bond acceptors (Lipinski definition) is 7. The molecule has 0 aliphatic rings. The highest BCUT2D eigenvalue weighted by Gasteiger charge is 2.15. The molecule has 0 aliphatic carbocycles. The summed E-state index contributed by atoms with van der Waals surface area (Å²) in [7, 11) is -2.25. The van der Waals surface area contributed by atoms with Gasteiger partial charge in [0.1, 0.15) is 11.5 Å². The molecule has 0 saturated carbocycles. The number of ketones is 1. The van der Waals surface area contributed by atoms with E-state index in [9.17, 15) is 13.2 Å². The SMILES string of the molecule is COc1cc(Oc2cccc(C)n2)c(/C=C/C(=O)c2ccc(S(N)(=O)=O)cc2)cc1-c1cccs1. The van der Waals surface area contributed by atoms with Crippen molar-refractivity contribution in [3.05, 3.63) is 95.0 Å². The van der Waals surface area contributed by atoms with Crippen LogP contribution >= 0.6 is 11.3 Å². The fourth-order valence-electron chi connectivity index (χ4n) is 3.35. The molecule has 2 aromatic heterocycles. The van der Waals surface area contributed by atoms with Gasteiger partial charge in [-0.15, -0.1) is 11.3 Å². The number of aromatic nitrogens is 1. The molecule has 4 rings (SSSR count). The van der Waals surface area contributed by atoms with E-state index >= 15 is 0 Å². The molecule has 0 atom stereocenters. The zero-order valence-corrected chi connectivity index (χ0v) is 20.6. The van der Waals surface area contributed by atoms with E-state index in [1.807, 2.05) is 42.6 Å². The van der Waals surface area contributed by atoms with E-state index in [2.05, 4.69) is 4.98 Å². The van der Waals surface area contributed by atoms with Crippen molar-refractivity contribution in [2.45, 2.75) is 11.8 Å². The quantitative estimate of drug-likeness (QED) is 0.251. The minimum atomic E-state index is -3.83. The van der Waals surface area contributed by atoms with Crippen molar-refractivity contribution < 1.29 is 22.7 Å². The number of ether oxygens (including phenoxy) is 2. The summed E-state index contributed by atoms with van der Waals surface area (Å²) in [6, 6.07) is 18.5. The third-order valence-corrected chi connectivity index (χ3v) is 6.91. The van der Waals surface area contributed by atoms with Gasteiger partial charge in [-0.2, -0.15) is 0 Å². The number of pyridine rings is 1. The zero-order valence-electron chi connectivity index (χ0n) is 19.0. The van der Waals surface area contributed by atoms with E-state index in [1.165, 1.54) is 30.3 Å². The lowest BCUT2D eigenvalue weighted by atomic mass is 10.0. The zero-order chi connectivity index (χ0) is 25.0. The summed E-state index contributed by atoms with van der Waals surface area (Å²) < 4.78 is 34.6. The molecule has 0 saturated heterocycles. The lowest BCUT2D eigenvalue weighted by Gasteiger charge is -2.14. The molecule has 2 heterocycles. The maximum Gasteiger partial charge on any atom is 0.238 e. The van der Waals surface area contributed by atoms with Crippen LogP contribution in [0.2, 0.25) is 0 Å². The number of nitrogens with two attached hydrogens (primary N) is 1. The predicted molar refractivity (Wildman–Crippen MR) is 137 cm³/mol. The highest BCUT2D eigenvalue weighted by atomic mass is 32.2. The monoisotopic (exact) mass is 506 g/mol. The van der Waals surface area contributed by atoms with Crippen LogP contribution in [0.25, 0.3) is 16.5 Å². The number of thiophene rings is 1. The number of nitrogens with zero attached hydrogens (tertiary/aromatic N) is 1. The van der Waals surface area contributed by atoms with Crippen molar-refractivity contribution in [1.82, 2.24) is 4.98 Å². The van der Waals surface area contributed by atoms with Gasteiger partial charge in [0, 0.05) is 39.4 Å². The van der Waals surface area contributed by atoms with Crippen molar-refractivity contribution >= 4 is 33.2 Å². The first-order chi connectivity index (χ1) is 16.7. The summed E-state index contributed by atoms with van der Waals surface area (Å²) in [6.45, 7) is 1.87. The van der Waals surface area contributed by atoms with E-state index < -0.39 is 10.0 Å². The normalized spacial score (nSPS) is 11.5. The Kier molecular flexibility index (Phi) is 7.11. The van der Waals surface area contributed by atoms with E-state index in [4.69, 9.17) is 14.6 Å². The van der Waals surface area contributed by atoms with Gasteiger partial charge in [0.25, 0.3) is 0 Å². The van der Waals surface area contributed by atoms with E-state index in [0.717, 1.165) is 16.1 Å². The number of rotatable bonds is 8. The second-order valence-corrected chi connectivity index (χ2v) is 10.1. The molecule has 0 fully saturated rings. The largest absolute Gasteiger partial charge is 0.496 e. The second kappa shape index (κ2) is 10.2. The molecule has 178 valence electrons. The molecule has 0 bridgehead atoms. The summed E-state index contributed by atoms with van der Waals surface area (Å²) in [5, 5.41) is 7.10. The van der Waals surface area contributed by atoms with Crippen LogP contribution in [-0.4, -0.2) is 26.3 Å². The average Bonchev–Trinajstić information content (AvgIpc) is 3.37. The van der Waals surface area contributed by atoms with Crippen LogP contribution in [0.15, 0.2) is 83.1 Å². The van der Waals surface area contributed by atoms with Gasteiger partial charge in [-0.05, 0) is 66.9 Å². The number of hydrogen-bond donors (Lipinski definition) is 1. The molecule has 35 heavy (non-hydrogen) atoms. The number of aryl methyl sites for hydroxylation is 1. The Morgan fingerprint density at radius 1 is 1.03 bits per heavy atom. The number of allylic oxidation sites excluding steroid dienone is 1. The second-order valence-electron chi connectivity index (χ2n) is 7.55. The van der Waals surface area contributed by atoms with Gasteiger partial charge in [0.05, 0.1) is 12.0 Å². The van der Waals surface area contributed by atoms with E-state index in [-0.39, 0.29) is 10.7 Å². The number of primary sulfonamides is 1. The lowest BCUT2D eigenvalue weighted by molar-refractivity contribution is 0.104. The van der Waals surface area contributed by atoms with Crippen molar-refractivity contribution in [3.63, 3.8) is 0 Å². The predicted octanol–water partition coefficient (Wildman–Crippen LogP) is 5.46. The van der Waals surface area contributed by atoms with Crippen molar-refractivity contribution in [1.29, 1.82) is 0 Å². The number of carbonyl (C=O) groups is 1. The molecule has 2 N–H and O–H groups in total. The van der Waals surface area contributed by atoms with Crippen LogP contribution in [0, 0.1) is 6.92 Å². The topological polar surface area (TPSA) is 109 Å². The Morgan fingerprint density at radius 3 is 2.43 bits per heavy atom. The molecule has 0 amide bonds. The van der Waals surface area contributed by atoms with Crippen molar-refractivity contribution in [2.75, 3.05) is 7.11 Å². The third kappa shape index (κ3) is 5.83. The molecular formula is C26H22N2O5S2. The van der Waals surface area contributed by atoms with Gasteiger partial charge in [-0.25, -0.2) is 18.5 Å². The first-order valence-corrected chi connectivity index (χ1v) is 12.9. The molecule has 9 heteroatoms. The molecule has 0 spiro atoms. The van der Waals surface area contributed by atoms with Gasteiger partial charge in [0.2, 0.25) is 15.9 Å². The van der Waals surface area contributed by atoms with Gasteiger partial charge >= 0.3 is 0 Å². The minimum absolute atomic E-state index is 0.0601. The van der Waals surface area contributed by atoms with E-state index in [1.54, 1.807) is 36.7 Å². The Hall–Kier alpha value is -3.79. The van der Waals surface area contributed by atoms with Crippen LogP contribution in [0.5, 0.6) is 17.4 Å². The first kappa shape index (κ1) is 24.3. The fraction of sp³-hybridized carbons (Fsp3) is 0.0769. The number of sulfonamides is 1. The van der Waals surface area contributed by atoms with Crippen LogP contribution < -0.4 is 14.6 Å². The molecule has 2 aromatic carbocycles. The van der Waals surface area contributed by atoms with Crippen molar-refractivity contribution in [2.24, 2.45) is 5.14 Å². The van der Waals surface area contributed by atoms with Crippen LogP contribution in [0.1, 0.15) is 21.6 Å². The molecule has 0 aliphatic heterocycles. The summed E-state index contributed by atoms with van der Waals surface area (Å²) in [5.74, 6) is 1.20. The number of benzene rings is 2. The van der Waals surface area contributed by atoms with Crippen LogP contribution in [0.3, 0.4) is 0 Å². The fourth-order valence-corrected chi connectivity index (χ4v) is 4.61. The first-order valence-electron chi connectivity index (χ1n) is 10.5. The average molecular weight is 507 g/mol. The Balaban J connectivity index is 1.72. The Bertz CT molecular complexity index is 1490. The molecule has 0 unspecified atom stereocenters. The summed E-state index contributed by atoms with van der Waals surface area (Å²) in [6.07, 6.45) is 3.06. The molecule has 0 radical (unpaired) electrons. The number of carbonyl (C=O) groups excluding carboxylic acids is 1. The summed E-state index contributed by atoms with van der Waals surface area (Å²) in [5.41, 5.74) is 2.63. The Morgan fingerprint density at radius 2 is 1.80 bits per heavy atom.